The molecule has 2 nitrogen and oxygen atoms in total. The zero-order valence-corrected chi connectivity index (χ0v) is 8.93. The molecule has 1 amide bonds. The van der Waals surface area contributed by atoms with Crippen molar-refractivity contribution in [3.63, 3.8) is 0 Å². The predicted octanol–water partition coefficient (Wildman–Crippen LogP) is 2.92. The lowest BCUT2D eigenvalue weighted by Gasteiger charge is -2.07. The zero-order chi connectivity index (χ0) is 10.4. The molecule has 14 heavy (non-hydrogen) atoms. The van der Waals surface area contributed by atoms with E-state index in [0.717, 1.165) is 10.6 Å². The number of amides is 1. The molecule has 3 heteroatoms. The van der Waals surface area contributed by atoms with Gasteiger partial charge in [-0.15, -0.1) is 18.3 Å². The van der Waals surface area contributed by atoms with Gasteiger partial charge in [-0.05, 0) is 18.4 Å². The third-order valence-corrected chi connectivity index (χ3v) is 2.51. The summed E-state index contributed by atoms with van der Waals surface area (Å²) in [6.07, 6.45) is 3.93. The van der Waals surface area contributed by atoms with E-state index in [1.807, 2.05) is 30.5 Å². The second-order valence-electron chi connectivity index (χ2n) is 2.74. The highest BCUT2D eigenvalue weighted by Crippen LogP contribution is 2.24. The molecule has 0 heterocycles. The topological polar surface area (TPSA) is 29.1 Å². The maximum absolute atomic E-state index is 11.3. The van der Waals surface area contributed by atoms with Crippen molar-refractivity contribution in [3.05, 3.63) is 36.9 Å². The first kappa shape index (κ1) is 10.9. The quantitative estimate of drug-likeness (QED) is 0.607. The van der Waals surface area contributed by atoms with Gasteiger partial charge in [0.15, 0.2) is 0 Å². The summed E-state index contributed by atoms with van der Waals surface area (Å²) >= 11 is 1.61. The van der Waals surface area contributed by atoms with Crippen LogP contribution in [0.3, 0.4) is 0 Å². The molecular weight excluding hydrogens is 194 g/mol. The van der Waals surface area contributed by atoms with Crippen LogP contribution >= 0.6 is 11.8 Å². The molecule has 74 valence electrons. The van der Waals surface area contributed by atoms with Crippen molar-refractivity contribution in [1.82, 2.24) is 0 Å². The molecular formula is C11H13NOS. The molecule has 0 atom stereocenters. The Hall–Kier alpha value is -1.22. The Morgan fingerprint density at radius 2 is 2.29 bits per heavy atom. The van der Waals surface area contributed by atoms with E-state index in [2.05, 4.69) is 11.9 Å². The molecule has 0 aliphatic heterocycles. The minimum Gasteiger partial charge on any atom is -0.325 e. The van der Waals surface area contributed by atoms with Crippen molar-refractivity contribution < 1.29 is 4.79 Å². The van der Waals surface area contributed by atoms with E-state index in [0.29, 0.717) is 6.42 Å². The van der Waals surface area contributed by atoms with Gasteiger partial charge >= 0.3 is 0 Å². The fourth-order valence-electron chi connectivity index (χ4n) is 1.08. The summed E-state index contributed by atoms with van der Waals surface area (Å²) in [7, 11) is 0. The van der Waals surface area contributed by atoms with Gasteiger partial charge in [0.2, 0.25) is 5.91 Å². The van der Waals surface area contributed by atoms with Crippen molar-refractivity contribution in [3.8, 4) is 0 Å². The summed E-state index contributed by atoms with van der Waals surface area (Å²) < 4.78 is 0. The molecule has 0 aromatic heterocycles. The molecule has 0 bridgehead atoms. The van der Waals surface area contributed by atoms with E-state index in [4.69, 9.17) is 0 Å². The summed E-state index contributed by atoms with van der Waals surface area (Å²) in [5.74, 6) is -0.0264. The number of rotatable bonds is 4. The molecule has 0 radical (unpaired) electrons. The van der Waals surface area contributed by atoms with Gasteiger partial charge in [-0.1, -0.05) is 18.2 Å². The second-order valence-corrected chi connectivity index (χ2v) is 3.59. The number of carbonyl (C=O) groups excluding carboxylic acids is 1. The van der Waals surface area contributed by atoms with E-state index < -0.39 is 0 Å². The molecule has 0 spiro atoms. The molecule has 1 N–H and O–H groups in total. The van der Waals surface area contributed by atoms with Gasteiger partial charge in [0.05, 0.1) is 5.69 Å². The first-order valence-corrected chi connectivity index (χ1v) is 5.54. The van der Waals surface area contributed by atoms with Gasteiger partial charge in [-0.3, -0.25) is 4.79 Å². The van der Waals surface area contributed by atoms with E-state index in [-0.39, 0.29) is 5.91 Å². The van der Waals surface area contributed by atoms with Crippen LogP contribution in [0, 0.1) is 0 Å². The Bertz CT molecular complexity index is 336. The minimum atomic E-state index is -0.0264. The number of anilines is 1. The van der Waals surface area contributed by atoms with Crippen LogP contribution in [0.2, 0.25) is 0 Å². The molecule has 0 aliphatic rings. The van der Waals surface area contributed by atoms with Crippen LogP contribution in [0.4, 0.5) is 5.69 Å². The number of nitrogens with one attached hydrogen (secondary N) is 1. The van der Waals surface area contributed by atoms with E-state index in [9.17, 15) is 4.79 Å². The Balaban J connectivity index is 2.74. The number of para-hydroxylation sites is 1. The largest absolute Gasteiger partial charge is 0.325 e. The van der Waals surface area contributed by atoms with E-state index in [1.54, 1.807) is 17.8 Å². The van der Waals surface area contributed by atoms with Gasteiger partial charge in [0, 0.05) is 11.3 Å². The molecule has 0 fully saturated rings. The van der Waals surface area contributed by atoms with Crippen LogP contribution in [-0.4, -0.2) is 12.2 Å². The number of hydrogen-bond donors (Lipinski definition) is 1. The molecule has 0 unspecified atom stereocenters. The first-order valence-electron chi connectivity index (χ1n) is 4.31. The third-order valence-electron chi connectivity index (χ3n) is 1.71. The van der Waals surface area contributed by atoms with Crippen molar-refractivity contribution in [1.29, 1.82) is 0 Å². The highest BCUT2D eigenvalue weighted by atomic mass is 32.2. The maximum Gasteiger partial charge on any atom is 0.228 e. The smallest absolute Gasteiger partial charge is 0.228 e. The van der Waals surface area contributed by atoms with Gasteiger partial charge in [-0.2, -0.15) is 0 Å². The fraction of sp³-hybridized carbons (Fsp3) is 0.182. The number of hydrogen-bond acceptors (Lipinski definition) is 2. The van der Waals surface area contributed by atoms with Crippen molar-refractivity contribution in [2.24, 2.45) is 0 Å². The molecule has 1 aromatic rings. The summed E-state index contributed by atoms with van der Waals surface area (Å²) in [5.41, 5.74) is 0.867. The van der Waals surface area contributed by atoms with E-state index in [1.165, 1.54) is 0 Å². The molecule has 1 aromatic carbocycles. The van der Waals surface area contributed by atoms with Crippen LogP contribution in [0.1, 0.15) is 6.42 Å². The Kier molecular flexibility index (Phi) is 4.26. The highest BCUT2D eigenvalue weighted by molar-refractivity contribution is 7.98. The minimum absolute atomic E-state index is 0.0264. The second kappa shape index (κ2) is 5.50. The van der Waals surface area contributed by atoms with Crippen molar-refractivity contribution in [2.45, 2.75) is 11.3 Å². The maximum atomic E-state index is 11.3. The molecule has 0 saturated carbocycles. The lowest BCUT2D eigenvalue weighted by atomic mass is 10.3. The lowest BCUT2D eigenvalue weighted by Crippen LogP contribution is -2.10. The summed E-state index contributed by atoms with van der Waals surface area (Å²) in [6.45, 7) is 3.52. The van der Waals surface area contributed by atoms with Crippen LogP contribution in [0.5, 0.6) is 0 Å². The number of thioether (sulfide) groups is 1. The van der Waals surface area contributed by atoms with Crippen LogP contribution in [0.15, 0.2) is 41.8 Å². The first-order chi connectivity index (χ1) is 6.77. The predicted molar refractivity (Wildman–Crippen MR) is 61.7 cm³/mol. The van der Waals surface area contributed by atoms with Gasteiger partial charge in [0.25, 0.3) is 0 Å². The highest BCUT2D eigenvalue weighted by Gasteiger charge is 2.03. The molecule has 0 aliphatic carbocycles. The van der Waals surface area contributed by atoms with Gasteiger partial charge in [0.1, 0.15) is 0 Å². The van der Waals surface area contributed by atoms with Gasteiger partial charge in [-0.25, -0.2) is 0 Å². The Morgan fingerprint density at radius 1 is 1.57 bits per heavy atom. The summed E-state index contributed by atoms with van der Waals surface area (Å²) in [4.78, 5) is 12.4. The van der Waals surface area contributed by atoms with Crippen molar-refractivity contribution >= 4 is 23.4 Å². The Morgan fingerprint density at radius 3 is 2.93 bits per heavy atom. The third kappa shape index (κ3) is 2.92. The zero-order valence-electron chi connectivity index (χ0n) is 8.12. The Labute approximate surface area is 88.4 Å². The standard InChI is InChI=1S/C11H13NOS/c1-3-6-11(13)12-9-7-4-5-8-10(9)14-2/h3-5,7-8H,1,6H2,2H3,(H,12,13). The van der Waals surface area contributed by atoms with E-state index >= 15 is 0 Å². The number of carbonyl (C=O) groups is 1. The van der Waals surface area contributed by atoms with Gasteiger partial charge < -0.3 is 5.32 Å². The summed E-state index contributed by atoms with van der Waals surface area (Å²) in [5, 5.41) is 2.83. The van der Waals surface area contributed by atoms with Crippen molar-refractivity contribution in [2.75, 3.05) is 11.6 Å². The average Bonchev–Trinajstić information content (AvgIpc) is 2.19. The monoisotopic (exact) mass is 207 g/mol. The lowest BCUT2D eigenvalue weighted by molar-refractivity contribution is -0.115. The fourth-order valence-corrected chi connectivity index (χ4v) is 1.63. The average molecular weight is 207 g/mol. The summed E-state index contributed by atoms with van der Waals surface area (Å²) in [6, 6.07) is 7.74. The van der Waals surface area contributed by atoms with Crippen LogP contribution in [0.25, 0.3) is 0 Å². The molecule has 1 rings (SSSR count). The normalized spacial score (nSPS) is 9.50. The molecule has 0 saturated heterocycles. The van der Waals surface area contributed by atoms with Crippen LogP contribution in [-0.2, 0) is 4.79 Å². The number of benzene rings is 1. The van der Waals surface area contributed by atoms with Crippen LogP contribution < -0.4 is 5.32 Å². The SMILES string of the molecule is C=CCC(=O)Nc1ccccc1SC.